The molecule has 6 heteroatoms. The van der Waals surface area contributed by atoms with Crippen LogP contribution < -0.4 is 11.3 Å². The molecule has 0 radical (unpaired) electrons. The van der Waals surface area contributed by atoms with Crippen molar-refractivity contribution in [2.24, 2.45) is 0 Å². The van der Waals surface area contributed by atoms with Crippen LogP contribution in [0.4, 0.5) is 5.69 Å². The Morgan fingerprint density at radius 3 is 2.76 bits per heavy atom. The molecule has 6 nitrogen and oxygen atoms in total. The van der Waals surface area contributed by atoms with Crippen LogP contribution in [-0.2, 0) is 6.42 Å². The number of aromatic amines is 1. The van der Waals surface area contributed by atoms with Gasteiger partial charge in [0.1, 0.15) is 0 Å². The van der Waals surface area contributed by atoms with Crippen molar-refractivity contribution in [2.45, 2.75) is 27.2 Å². The van der Waals surface area contributed by atoms with E-state index < -0.39 is 0 Å². The molecule has 0 aliphatic carbocycles. The van der Waals surface area contributed by atoms with Crippen LogP contribution in [0.2, 0.25) is 0 Å². The van der Waals surface area contributed by atoms with E-state index in [1.165, 1.54) is 11.9 Å². The van der Waals surface area contributed by atoms with Crippen molar-refractivity contribution < 1.29 is 0 Å². The Labute approximate surface area is 121 Å². The summed E-state index contributed by atoms with van der Waals surface area (Å²) in [5.74, 6) is 0. The summed E-state index contributed by atoms with van der Waals surface area (Å²) in [4.78, 5) is 18.5. The second-order valence-electron chi connectivity index (χ2n) is 5.07. The van der Waals surface area contributed by atoms with Crippen LogP contribution in [0, 0.1) is 13.8 Å². The van der Waals surface area contributed by atoms with Crippen LogP contribution in [0.15, 0.2) is 23.3 Å². The molecule has 0 atom stereocenters. The van der Waals surface area contributed by atoms with E-state index in [0.29, 0.717) is 16.6 Å². The molecule has 3 rings (SSSR count). The van der Waals surface area contributed by atoms with E-state index in [-0.39, 0.29) is 5.56 Å². The van der Waals surface area contributed by atoms with Crippen LogP contribution in [0.1, 0.15) is 23.9 Å². The number of hydrogen-bond donors (Lipinski definition) is 2. The topological polar surface area (TPSA) is 89.6 Å². The predicted octanol–water partition coefficient (Wildman–Crippen LogP) is 1.87. The van der Waals surface area contributed by atoms with Gasteiger partial charge in [-0.3, -0.25) is 4.79 Å². The summed E-state index contributed by atoms with van der Waals surface area (Å²) in [7, 11) is 0. The summed E-state index contributed by atoms with van der Waals surface area (Å²) in [5.41, 5.74) is 11.1. The molecule has 0 fully saturated rings. The zero-order chi connectivity index (χ0) is 15.1. The molecule has 0 unspecified atom stereocenters. The van der Waals surface area contributed by atoms with Crippen LogP contribution >= 0.6 is 0 Å². The average molecular weight is 283 g/mol. The Morgan fingerprint density at radius 2 is 2.10 bits per heavy atom. The number of rotatable bonds is 2. The van der Waals surface area contributed by atoms with Gasteiger partial charge in [0.05, 0.1) is 34.3 Å². The van der Waals surface area contributed by atoms with Crippen molar-refractivity contribution >= 4 is 16.6 Å². The maximum Gasteiger partial charge on any atom is 0.258 e. The first kappa shape index (κ1) is 13.4. The molecule has 3 aromatic rings. The van der Waals surface area contributed by atoms with E-state index in [0.717, 1.165) is 23.5 Å². The molecule has 0 saturated heterocycles. The molecule has 2 heterocycles. The largest absolute Gasteiger partial charge is 0.397 e. The molecule has 0 aliphatic heterocycles. The summed E-state index contributed by atoms with van der Waals surface area (Å²) >= 11 is 0. The standard InChI is InChI=1S/C15H17N5O/c1-4-10-8(2)19-20(9(10)3)14-6-13-11(5-12(14)16)15(21)18-7-17-13/h5-7H,4,16H2,1-3H3,(H,17,18,21). The van der Waals surface area contributed by atoms with Crippen molar-refractivity contribution in [3.05, 3.63) is 45.8 Å². The van der Waals surface area contributed by atoms with Gasteiger partial charge in [0, 0.05) is 5.69 Å². The molecule has 0 bridgehead atoms. The van der Waals surface area contributed by atoms with Gasteiger partial charge >= 0.3 is 0 Å². The summed E-state index contributed by atoms with van der Waals surface area (Å²) in [6.07, 6.45) is 2.31. The zero-order valence-electron chi connectivity index (χ0n) is 12.3. The Hall–Kier alpha value is -2.63. The Morgan fingerprint density at radius 1 is 1.33 bits per heavy atom. The number of hydrogen-bond acceptors (Lipinski definition) is 4. The van der Waals surface area contributed by atoms with Crippen LogP contribution in [0.25, 0.3) is 16.6 Å². The van der Waals surface area contributed by atoms with Crippen LogP contribution in [0.3, 0.4) is 0 Å². The van der Waals surface area contributed by atoms with Gasteiger partial charge in [0.2, 0.25) is 0 Å². The first-order valence-electron chi connectivity index (χ1n) is 6.85. The summed E-state index contributed by atoms with van der Waals surface area (Å²) in [6.45, 7) is 6.11. The van der Waals surface area contributed by atoms with Crippen LogP contribution in [-0.4, -0.2) is 19.7 Å². The highest BCUT2D eigenvalue weighted by Crippen LogP contribution is 2.25. The normalized spacial score (nSPS) is 11.2. The molecule has 0 aliphatic rings. The van der Waals surface area contributed by atoms with E-state index in [1.807, 2.05) is 18.5 Å². The number of H-pyrrole nitrogens is 1. The molecule has 0 amide bonds. The Balaban J connectivity index is 2.31. The number of benzene rings is 1. The first-order valence-corrected chi connectivity index (χ1v) is 6.85. The van der Waals surface area contributed by atoms with Crippen molar-refractivity contribution in [1.29, 1.82) is 0 Å². The maximum atomic E-state index is 11.8. The number of fused-ring (bicyclic) bond motifs is 1. The first-order chi connectivity index (χ1) is 10.0. The second-order valence-corrected chi connectivity index (χ2v) is 5.07. The van der Waals surface area contributed by atoms with Gasteiger partial charge in [-0.1, -0.05) is 6.92 Å². The lowest BCUT2D eigenvalue weighted by atomic mass is 10.1. The fraction of sp³-hybridized carbons (Fsp3) is 0.267. The molecular weight excluding hydrogens is 266 g/mol. The van der Waals surface area contributed by atoms with Crippen molar-refractivity contribution in [2.75, 3.05) is 5.73 Å². The third-order valence-corrected chi connectivity index (χ3v) is 3.81. The number of anilines is 1. The van der Waals surface area contributed by atoms with Gasteiger partial charge in [-0.15, -0.1) is 0 Å². The van der Waals surface area contributed by atoms with E-state index in [1.54, 1.807) is 12.1 Å². The van der Waals surface area contributed by atoms with E-state index in [2.05, 4.69) is 22.0 Å². The average Bonchev–Trinajstić information content (AvgIpc) is 2.74. The summed E-state index contributed by atoms with van der Waals surface area (Å²) < 4.78 is 1.83. The molecule has 21 heavy (non-hydrogen) atoms. The molecular formula is C15H17N5O. The number of nitrogens with zero attached hydrogens (tertiary/aromatic N) is 3. The molecule has 1 aromatic carbocycles. The Bertz CT molecular complexity index is 891. The van der Waals surface area contributed by atoms with E-state index >= 15 is 0 Å². The van der Waals surface area contributed by atoms with Crippen molar-refractivity contribution in [3.8, 4) is 5.69 Å². The number of aromatic nitrogens is 4. The SMILES string of the molecule is CCc1c(C)nn(-c2cc3nc[nH]c(=O)c3cc2N)c1C. The van der Waals surface area contributed by atoms with Gasteiger partial charge in [-0.2, -0.15) is 5.10 Å². The fourth-order valence-electron chi connectivity index (χ4n) is 2.73. The lowest BCUT2D eigenvalue weighted by molar-refractivity contribution is 0.835. The highest BCUT2D eigenvalue weighted by Gasteiger charge is 2.14. The van der Waals surface area contributed by atoms with E-state index in [9.17, 15) is 4.79 Å². The lowest BCUT2D eigenvalue weighted by Crippen LogP contribution is -2.09. The van der Waals surface area contributed by atoms with E-state index in [4.69, 9.17) is 5.73 Å². The monoisotopic (exact) mass is 283 g/mol. The molecule has 3 N–H and O–H groups in total. The minimum Gasteiger partial charge on any atom is -0.397 e. The number of nitrogen functional groups attached to an aromatic ring is 1. The molecule has 0 saturated carbocycles. The molecule has 108 valence electrons. The minimum atomic E-state index is -0.194. The van der Waals surface area contributed by atoms with Crippen molar-refractivity contribution in [1.82, 2.24) is 19.7 Å². The smallest absolute Gasteiger partial charge is 0.258 e. The van der Waals surface area contributed by atoms with Crippen molar-refractivity contribution in [3.63, 3.8) is 0 Å². The summed E-state index contributed by atoms with van der Waals surface area (Å²) in [6, 6.07) is 3.46. The zero-order valence-corrected chi connectivity index (χ0v) is 12.3. The predicted molar refractivity (Wildman–Crippen MR) is 82.8 cm³/mol. The minimum absolute atomic E-state index is 0.194. The number of nitrogens with two attached hydrogens (primary N) is 1. The highest BCUT2D eigenvalue weighted by molar-refractivity contribution is 5.85. The van der Waals surface area contributed by atoms with Gasteiger partial charge in [-0.25, -0.2) is 9.67 Å². The van der Waals surface area contributed by atoms with Gasteiger partial charge < -0.3 is 10.7 Å². The third-order valence-electron chi connectivity index (χ3n) is 3.81. The van der Waals surface area contributed by atoms with Crippen LogP contribution in [0.5, 0.6) is 0 Å². The highest BCUT2D eigenvalue weighted by atomic mass is 16.1. The van der Waals surface area contributed by atoms with Gasteiger partial charge in [-0.05, 0) is 38.0 Å². The molecule has 2 aromatic heterocycles. The lowest BCUT2D eigenvalue weighted by Gasteiger charge is -2.09. The maximum absolute atomic E-state index is 11.8. The summed E-state index contributed by atoms with van der Waals surface area (Å²) in [5, 5.41) is 5.05. The van der Waals surface area contributed by atoms with Gasteiger partial charge in [0.25, 0.3) is 5.56 Å². The third kappa shape index (κ3) is 1.99. The quantitative estimate of drug-likeness (QED) is 0.703. The Kier molecular flexibility index (Phi) is 3.01. The number of aryl methyl sites for hydroxylation is 1. The number of nitrogens with one attached hydrogen (secondary N) is 1. The van der Waals surface area contributed by atoms with Gasteiger partial charge in [0.15, 0.2) is 0 Å². The second kappa shape index (κ2) is 4.73. The molecule has 0 spiro atoms. The fourth-order valence-corrected chi connectivity index (χ4v) is 2.73.